The molecule has 0 radical (unpaired) electrons. The molecule has 5 heteroatoms. The number of benzene rings is 2. The van der Waals surface area contributed by atoms with Crippen LogP contribution in [0.5, 0.6) is 0 Å². The Hall–Kier alpha value is -2.92. The van der Waals surface area contributed by atoms with Crippen LogP contribution >= 0.6 is 0 Å². The molecule has 0 spiro atoms. The number of hydrogen-bond acceptors (Lipinski definition) is 2. The summed E-state index contributed by atoms with van der Waals surface area (Å²) in [5.74, 6) is 1.01. The molecule has 4 aromatic rings. The highest BCUT2D eigenvalue weighted by Crippen LogP contribution is 2.36. The molecule has 1 fully saturated rings. The molecule has 3 heterocycles. The van der Waals surface area contributed by atoms with Gasteiger partial charge in [-0.25, -0.2) is 4.98 Å². The third kappa shape index (κ3) is 2.83. The highest BCUT2D eigenvalue weighted by atomic mass is 16.2. The van der Waals surface area contributed by atoms with E-state index < -0.39 is 0 Å². The van der Waals surface area contributed by atoms with E-state index in [-0.39, 0.29) is 5.91 Å². The molecule has 0 unspecified atom stereocenters. The number of anilines is 1. The van der Waals surface area contributed by atoms with Gasteiger partial charge in [0.1, 0.15) is 5.82 Å². The number of aryl methyl sites for hydroxylation is 1. The fourth-order valence-electron chi connectivity index (χ4n) is 4.59. The minimum absolute atomic E-state index is 0.0914. The highest BCUT2D eigenvalue weighted by Gasteiger charge is 2.21. The van der Waals surface area contributed by atoms with Gasteiger partial charge in [0.05, 0.1) is 35.3 Å². The van der Waals surface area contributed by atoms with Crippen molar-refractivity contribution in [3.8, 4) is 0 Å². The van der Waals surface area contributed by atoms with E-state index in [9.17, 15) is 4.79 Å². The Balaban J connectivity index is 1.66. The van der Waals surface area contributed by atoms with Crippen LogP contribution in [0.2, 0.25) is 0 Å². The van der Waals surface area contributed by atoms with Crippen LogP contribution in [-0.2, 0) is 4.79 Å². The van der Waals surface area contributed by atoms with Crippen LogP contribution in [0.3, 0.4) is 0 Å². The van der Waals surface area contributed by atoms with Gasteiger partial charge in [-0.15, -0.1) is 0 Å². The summed E-state index contributed by atoms with van der Waals surface area (Å²) in [5.41, 5.74) is 3.96. The number of carbonyl (C=O) groups is 1. The van der Waals surface area contributed by atoms with E-state index in [1.165, 1.54) is 24.2 Å². The highest BCUT2D eigenvalue weighted by molar-refractivity contribution is 6.16. The maximum atomic E-state index is 12.9. The lowest BCUT2D eigenvalue weighted by atomic mass is 10.1. The second-order valence-electron chi connectivity index (χ2n) is 7.79. The first kappa shape index (κ1) is 17.2. The van der Waals surface area contributed by atoms with Crippen molar-refractivity contribution in [3.63, 3.8) is 0 Å². The Morgan fingerprint density at radius 2 is 1.75 bits per heavy atom. The molecule has 1 amide bonds. The topological polar surface area (TPSA) is 50.8 Å². The number of nitrogens with zero attached hydrogens (tertiary/aromatic N) is 2. The molecule has 5 rings (SSSR count). The number of nitrogens with one attached hydrogen (secondary N) is 2. The molecule has 2 aromatic heterocycles. The maximum Gasteiger partial charge on any atom is 0.279 e. The van der Waals surface area contributed by atoms with Gasteiger partial charge in [-0.05, 0) is 38.3 Å². The summed E-state index contributed by atoms with van der Waals surface area (Å²) < 4.78 is 2.17. The third-order valence-corrected chi connectivity index (χ3v) is 5.88. The zero-order valence-corrected chi connectivity index (χ0v) is 16.2. The SMILES string of the molecule is Cc1nc2ccccc2c2c(NC(=O)C[NH+]3CCCCC3)c3ccccc3n12. The van der Waals surface area contributed by atoms with Gasteiger partial charge in [0.2, 0.25) is 0 Å². The first-order valence-electron chi connectivity index (χ1n) is 10.1. The van der Waals surface area contributed by atoms with E-state index in [2.05, 4.69) is 27.9 Å². The van der Waals surface area contributed by atoms with Crippen molar-refractivity contribution in [1.82, 2.24) is 9.38 Å². The first-order chi connectivity index (χ1) is 13.7. The predicted molar refractivity (Wildman–Crippen MR) is 113 cm³/mol. The van der Waals surface area contributed by atoms with Gasteiger partial charge in [0, 0.05) is 10.8 Å². The van der Waals surface area contributed by atoms with Crippen LogP contribution in [0, 0.1) is 6.92 Å². The summed E-state index contributed by atoms with van der Waals surface area (Å²) in [6.45, 7) is 4.75. The first-order valence-corrected chi connectivity index (χ1v) is 10.1. The van der Waals surface area contributed by atoms with Crippen LogP contribution in [0.1, 0.15) is 25.1 Å². The summed E-state index contributed by atoms with van der Waals surface area (Å²) in [4.78, 5) is 19.1. The smallest absolute Gasteiger partial charge is 0.279 e. The second-order valence-corrected chi connectivity index (χ2v) is 7.79. The molecule has 0 saturated carbocycles. The third-order valence-electron chi connectivity index (χ3n) is 5.88. The quantitative estimate of drug-likeness (QED) is 0.580. The minimum Gasteiger partial charge on any atom is -0.327 e. The number of rotatable bonds is 3. The van der Waals surface area contributed by atoms with Gasteiger partial charge in [-0.2, -0.15) is 0 Å². The van der Waals surface area contributed by atoms with E-state index in [1.807, 2.05) is 37.3 Å². The fourth-order valence-corrected chi connectivity index (χ4v) is 4.59. The van der Waals surface area contributed by atoms with Crippen LogP contribution < -0.4 is 10.2 Å². The Labute approximate surface area is 164 Å². The van der Waals surface area contributed by atoms with Gasteiger partial charge < -0.3 is 10.2 Å². The normalized spacial score (nSPS) is 15.5. The van der Waals surface area contributed by atoms with Gasteiger partial charge in [0.25, 0.3) is 5.91 Å². The summed E-state index contributed by atoms with van der Waals surface area (Å²) in [5, 5.41) is 5.39. The van der Waals surface area contributed by atoms with Gasteiger partial charge in [-0.3, -0.25) is 9.20 Å². The predicted octanol–water partition coefficient (Wildman–Crippen LogP) is 2.96. The maximum absolute atomic E-state index is 12.9. The number of fused-ring (bicyclic) bond motifs is 5. The van der Waals surface area contributed by atoms with Crippen molar-refractivity contribution in [1.29, 1.82) is 0 Å². The van der Waals surface area contributed by atoms with Gasteiger partial charge >= 0.3 is 0 Å². The molecule has 1 aliphatic heterocycles. The lowest BCUT2D eigenvalue weighted by Crippen LogP contribution is -3.13. The van der Waals surface area contributed by atoms with Crippen LogP contribution in [-0.4, -0.2) is 34.9 Å². The molecule has 1 aliphatic rings. The lowest BCUT2D eigenvalue weighted by Gasteiger charge is -2.22. The Morgan fingerprint density at radius 3 is 2.57 bits per heavy atom. The Kier molecular flexibility index (Phi) is 4.24. The molecule has 5 nitrogen and oxygen atoms in total. The van der Waals surface area contributed by atoms with Gasteiger partial charge in [-0.1, -0.05) is 36.4 Å². The van der Waals surface area contributed by atoms with Crippen LogP contribution in [0.4, 0.5) is 5.69 Å². The molecule has 0 atom stereocenters. The van der Waals surface area contributed by atoms with Crippen molar-refractivity contribution in [2.24, 2.45) is 0 Å². The zero-order valence-electron chi connectivity index (χ0n) is 16.2. The van der Waals surface area contributed by atoms with Gasteiger partial charge in [0.15, 0.2) is 6.54 Å². The number of aromatic nitrogens is 2. The zero-order chi connectivity index (χ0) is 19.1. The second kappa shape index (κ2) is 6.91. The van der Waals surface area contributed by atoms with Crippen molar-refractivity contribution < 1.29 is 9.69 Å². The summed E-state index contributed by atoms with van der Waals surface area (Å²) in [6.07, 6.45) is 3.73. The van der Waals surface area contributed by atoms with E-state index in [0.29, 0.717) is 6.54 Å². The summed E-state index contributed by atoms with van der Waals surface area (Å²) in [6, 6.07) is 16.4. The average Bonchev–Trinajstić information content (AvgIpc) is 3.04. The number of para-hydroxylation sites is 2. The summed E-state index contributed by atoms with van der Waals surface area (Å²) in [7, 11) is 0. The molecular weight excluding hydrogens is 348 g/mol. The molecule has 1 saturated heterocycles. The number of carbonyl (C=O) groups excluding carboxylic acids is 1. The summed E-state index contributed by atoms with van der Waals surface area (Å²) >= 11 is 0. The average molecular weight is 373 g/mol. The van der Waals surface area contributed by atoms with E-state index in [4.69, 9.17) is 4.98 Å². The van der Waals surface area contributed by atoms with Crippen molar-refractivity contribution in [2.45, 2.75) is 26.2 Å². The van der Waals surface area contributed by atoms with Crippen LogP contribution in [0.15, 0.2) is 48.5 Å². The van der Waals surface area contributed by atoms with Crippen LogP contribution in [0.25, 0.3) is 27.3 Å². The molecule has 28 heavy (non-hydrogen) atoms. The number of piperidine rings is 1. The standard InChI is InChI=1S/C23H24N4O/c1-16-24-19-11-5-3-9-17(19)23-22(18-10-4-6-12-20(18)27(16)23)25-21(28)15-26-13-7-2-8-14-26/h3-6,9-12H,2,7-8,13-15H2,1H3,(H,25,28)/p+1. The Bertz CT molecular complexity index is 1190. The number of hydrogen-bond donors (Lipinski definition) is 2. The molecule has 0 bridgehead atoms. The lowest BCUT2D eigenvalue weighted by molar-refractivity contribution is -0.896. The van der Waals surface area contributed by atoms with Crippen molar-refractivity contribution in [2.75, 3.05) is 25.0 Å². The fraction of sp³-hybridized carbons (Fsp3) is 0.304. The number of quaternary nitrogens is 1. The minimum atomic E-state index is 0.0914. The van der Waals surface area contributed by atoms with E-state index in [0.717, 1.165) is 51.9 Å². The molecule has 2 N–H and O–H groups in total. The molecule has 142 valence electrons. The van der Waals surface area contributed by atoms with Crippen molar-refractivity contribution in [3.05, 3.63) is 54.4 Å². The van der Waals surface area contributed by atoms with E-state index in [1.54, 1.807) is 0 Å². The monoisotopic (exact) mass is 373 g/mol. The Morgan fingerprint density at radius 1 is 1.04 bits per heavy atom. The number of amides is 1. The molecular formula is C23H25N4O+. The molecule has 0 aliphatic carbocycles. The largest absolute Gasteiger partial charge is 0.327 e. The van der Waals surface area contributed by atoms with E-state index >= 15 is 0 Å². The van der Waals surface area contributed by atoms with Crippen molar-refractivity contribution >= 4 is 38.9 Å². The number of likely N-dealkylation sites (tertiary alicyclic amines) is 1. The molecule has 2 aromatic carbocycles.